The fourth-order valence-corrected chi connectivity index (χ4v) is 3.25. The van der Waals surface area contributed by atoms with Crippen molar-refractivity contribution in [1.29, 1.82) is 0 Å². The van der Waals surface area contributed by atoms with E-state index < -0.39 is 0 Å². The Labute approximate surface area is 144 Å². The van der Waals surface area contributed by atoms with E-state index in [1.54, 1.807) is 0 Å². The lowest BCUT2D eigenvalue weighted by Crippen LogP contribution is -2.43. The molecule has 3 nitrogen and oxygen atoms in total. The molecule has 0 saturated heterocycles. The van der Waals surface area contributed by atoms with Gasteiger partial charge in [-0.25, -0.2) is 0 Å². The van der Waals surface area contributed by atoms with Gasteiger partial charge in [-0.3, -0.25) is 4.79 Å². The van der Waals surface area contributed by atoms with Crippen molar-refractivity contribution in [3.63, 3.8) is 0 Å². The first-order valence-corrected chi connectivity index (χ1v) is 8.82. The number of benzene rings is 2. The topological polar surface area (TPSA) is 32.3 Å². The van der Waals surface area contributed by atoms with Crippen molar-refractivity contribution in [1.82, 2.24) is 5.32 Å². The van der Waals surface area contributed by atoms with E-state index in [0.29, 0.717) is 12.5 Å². The molecule has 126 valence electrons. The smallest absolute Gasteiger partial charge is 0.241 e. The molecule has 1 aliphatic carbocycles. The summed E-state index contributed by atoms with van der Waals surface area (Å²) >= 11 is 0. The summed E-state index contributed by atoms with van der Waals surface area (Å²) in [4.78, 5) is 14.7. The molecule has 1 aliphatic rings. The van der Waals surface area contributed by atoms with Crippen LogP contribution in [0.5, 0.6) is 0 Å². The first kappa shape index (κ1) is 16.7. The van der Waals surface area contributed by atoms with Gasteiger partial charge >= 0.3 is 0 Å². The minimum absolute atomic E-state index is 0.123. The van der Waals surface area contributed by atoms with Crippen LogP contribution in [0.4, 0.5) is 5.69 Å². The minimum atomic E-state index is 0.123. The molecule has 0 aliphatic heterocycles. The van der Waals surface area contributed by atoms with E-state index in [0.717, 1.165) is 5.69 Å². The highest BCUT2D eigenvalue weighted by atomic mass is 16.2. The van der Waals surface area contributed by atoms with Crippen molar-refractivity contribution in [2.24, 2.45) is 5.92 Å². The molecule has 1 atom stereocenters. The Bertz CT molecular complexity index is 650. The van der Waals surface area contributed by atoms with Crippen molar-refractivity contribution in [3.05, 3.63) is 66.2 Å². The van der Waals surface area contributed by atoms with Crippen molar-refractivity contribution in [3.8, 4) is 0 Å². The summed E-state index contributed by atoms with van der Waals surface area (Å²) < 4.78 is 0. The Morgan fingerprint density at radius 3 is 2.17 bits per heavy atom. The Balaban J connectivity index is 1.68. The molecule has 0 bridgehead atoms. The van der Waals surface area contributed by atoms with Gasteiger partial charge in [0.05, 0.1) is 6.54 Å². The Morgan fingerprint density at radius 1 is 1.04 bits per heavy atom. The van der Waals surface area contributed by atoms with Crippen LogP contribution in [0.2, 0.25) is 0 Å². The van der Waals surface area contributed by atoms with Crippen LogP contribution in [-0.2, 0) is 4.79 Å². The third-order valence-corrected chi connectivity index (χ3v) is 4.54. The number of para-hydroxylation sites is 1. The zero-order chi connectivity index (χ0) is 16.9. The minimum Gasteiger partial charge on any atom is -0.309 e. The summed E-state index contributed by atoms with van der Waals surface area (Å²) in [6, 6.07) is 20.8. The summed E-state index contributed by atoms with van der Waals surface area (Å²) in [5.41, 5.74) is 2.24. The van der Waals surface area contributed by atoms with Gasteiger partial charge in [0.1, 0.15) is 0 Å². The molecule has 1 unspecified atom stereocenters. The molecule has 24 heavy (non-hydrogen) atoms. The van der Waals surface area contributed by atoms with Gasteiger partial charge in [-0.05, 0) is 50.3 Å². The lowest BCUT2D eigenvalue weighted by atomic mass is 10.0. The van der Waals surface area contributed by atoms with Gasteiger partial charge in [0.25, 0.3) is 0 Å². The largest absolute Gasteiger partial charge is 0.309 e. The van der Waals surface area contributed by atoms with Crippen molar-refractivity contribution in [2.45, 2.75) is 38.8 Å². The number of hydrogen-bond donors (Lipinski definition) is 1. The number of hydrogen-bond acceptors (Lipinski definition) is 2. The van der Waals surface area contributed by atoms with E-state index in [2.05, 4.69) is 43.4 Å². The number of rotatable bonds is 7. The summed E-state index contributed by atoms with van der Waals surface area (Å²) in [5.74, 6) is 0.780. The number of anilines is 1. The van der Waals surface area contributed by atoms with Crippen LogP contribution in [-0.4, -0.2) is 18.5 Å². The van der Waals surface area contributed by atoms with E-state index in [-0.39, 0.29) is 18.0 Å². The fraction of sp³-hybridized carbons (Fsp3) is 0.381. The number of nitrogens with one attached hydrogen (secondary N) is 1. The molecular formula is C21H26N2O. The highest BCUT2D eigenvalue weighted by molar-refractivity contribution is 5.95. The van der Waals surface area contributed by atoms with Crippen LogP contribution in [0.3, 0.4) is 0 Å². The van der Waals surface area contributed by atoms with Gasteiger partial charge in [-0.15, -0.1) is 0 Å². The average molecular weight is 322 g/mol. The van der Waals surface area contributed by atoms with E-state index in [4.69, 9.17) is 0 Å². The normalized spacial score (nSPS) is 15.3. The third kappa shape index (κ3) is 4.04. The molecule has 1 amide bonds. The molecule has 2 aromatic carbocycles. The first-order chi connectivity index (χ1) is 11.7. The van der Waals surface area contributed by atoms with Gasteiger partial charge < -0.3 is 10.2 Å². The summed E-state index contributed by atoms with van der Waals surface area (Å²) in [6.07, 6.45) is 2.49. The Hall–Kier alpha value is -2.13. The second kappa shape index (κ2) is 7.63. The highest BCUT2D eigenvalue weighted by Gasteiger charge is 2.32. The lowest BCUT2D eigenvalue weighted by molar-refractivity contribution is -0.118. The lowest BCUT2D eigenvalue weighted by Gasteiger charge is -2.28. The quantitative estimate of drug-likeness (QED) is 0.830. The first-order valence-electron chi connectivity index (χ1n) is 8.82. The zero-order valence-electron chi connectivity index (χ0n) is 14.5. The van der Waals surface area contributed by atoms with E-state index in [9.17, 15) is 4.79 Å². The zero-order valence-corrected chi connectivity index (χ0v) is 14.5. The van der Waals surface area contributed by atoms with Gasteiger partial charge in [-0.1, -0.05) is 48.5 Å². The SMILES string of the molecule is CC(C)N(C(=O)CNC(c1ccccc1)C1CC1)c1ccccc1. The predicted molar refractivity (Wildman–Crippen MR) is 99.0 cm³/mol. The van der Waals surface area contributed by atoms with Crippen LogP contribution in [0.1, 0.15) is 38.3 Å². The van der Waals surface area contributed by atoms with Gasteiger partial charge in [-0.2, -0.15) is 0 Å². The molecule has 1 fully saturated rings. The standard InChI is InChI=1S/C21H26N2O/c1-16(2)23(19-11-7-4-8-12-19)20(24)15-22-21(18-13-14-18)17-9-5-3-6-10-17/h3-12,16,18,21-22H,13-15H2,1-2H3. The summed E-state index contributed by atoms with van der Waals surface area (Å²) in [6.45, 7) is 4.48. The number of amides is 1. The van der Waals surface area contributed by atoms with Crippen molar-refractivity contribution < 1.29 is 4.79 Å². The molecule has 1 N–H and O–H groups in total. The molecule has 0 aromatic heterocycles. The molecule has 0 heterocycles. The van der Waals surface area contributed by atoms with Crippen LogP contribution in [0.25, 0.3) is 0 Å². The molecule has 0 spiro atoms. The molecule has 1 saturated carbocycles. The second-order valence-corrected chi connectivity index (χ2v) is 6.80. The summed E-state index contributed by atoms with van der Waals surface area (Å²) in [5, 5.41) is 3.51. The van der Waals surface area contributed by atoms with E-state index in [1.807, 2.05) is 41.3 Å². The molecule has 3 rings (SSSR count). The van der Waals surface area contributed by atoms with Crippen LogP contribution in [0, 0.1) is 5.92 Å². The number of carbonyl (C=O) groups excluding carboxylic acids is 1. The monoisotopic (exact) mass is 322 g/mol. The molecule has 2 aromatic rings. The van der Waals surface area contributed by atoms with E-state index in [1.165, 1.54) is 18.4 Å². The molecular weight excluding hydrogens is 296 g/mol. The van der Waals surface area contributed by atoms with Crippen LogP contribution >= 0.6 is 0 Å². The molecule has 0 radical (unpaired) electrons. The Kier molecular flexibility index (Phi) is 5.31. The second-order valence-electron chi connectivity index (χ2n) is 6.80. The van der Waals surface area contributed by atoms with Crippen molar-refractivity contribution >= 4 is 11.6 Å². The van der Waals surface area contributed by atoms with Gasteiger partial charge in [0, 0.05) is 17.8 Å². The number of nitrogens with zero attached hydrogens (tertiary/aromatic N) is 1. The number of carbonyl (C=O) groups is 1. The average Bonchev–Trinajstić information content (AvgIpc) is 3.42. The van der Waals surface area contributed by atoms with Crippen LogP contribution < -0.4 is 10.2 Å². The third-order valence-electron chi connectivity index (χ3n) is 4.54. The van der Waals surface area contributed by atoms with Crippen molar-refractivity contribution in [2.75, 3.05) is 11.4 Å². The fourth-order valence-electron chi connectivity index (χ4n) is 3.25. The van der Waals surface area contributed by atoms with Gasteiger partial charge in [0.2, 0.25) is 5.91 Å². The summed E-state index contributed by atoms with van der Waals surface area (Å²) in [7, 11) is 0. The van der Waals surface area contributed by atoms with Gasteiger partial charge in [0.15, 0.2) is 0 Å². The maximum atomic E-state index is 12.8. The predicted octanol–water partition coefficient (Wildman–Crippen LogP) is 4.17. The maximum Gasteiger partial charge on any atom is 0.241 e. The highest BCUT2D eigenvalue weighted by Crippen LogP contribution is 2.40. The Morgan fingerprint density at radius 2 is 1.62 bits per heavy atom. The van der Waals surface area contributed by atoms with Crippen LogP contribution in [0.15, 0.2) is 60.7 Å². The molecule has 3 heteroatoms. The van der Waals surface area contributed by atoms with E-state index >= 15 is 0 Å². The maximum absolute atomic E-state index is 12.8.